The van der Waals surface area contributed by atoms with Crippen LogP contribution in [0, 0.1) is 0 Å². The third kappa shape index (κ3) is 3.24. The molecule has 0 saturated heterocycles. The zero-order chi connectivity index (χ0) is 14.5. The minimum absolute atomic E-state index is 0.173. The third-order valence-corrected chi connectivity index (χ3v) is 2.82. The summed E-state index contributed by atoms with van der Waals surface area (Å²) in [5, 5.41) is 10.6. The van der Waals surface area contributed by atoms with Crippen LogP contribution in [0.1, 0.15) is 16.8 Å². The highest BCUT2D eigenvalue weighted by molar-refractivity contribution is 5.94. The Morgan fingerprint density at radius 2 is 1.85 bits per heavy atom. The van der Waals surface area contributed by atoms with Crippen molar-refractivity contribution in [1.82, 2.24) is 5.43 Å². The van der Waals surface area contributed by atoms with Gasteiger partial charge in [0.25, 0.3) is 0 Å². The molecule has 0 aliphatic carbocycles. The average molecular weight is 274 g/mol. The van der Waals surface area contributed by atoms with Gasteiger partial charge >= 0.3 is 5.97 Å². The molecule has 0 unspecified atom stereocenters. The first-order valence-electron chi connectivity index (χ1n) is 5.99. The van der Waals surface area contributed by atoms with Gasteiger partial charge in [0.05, 0.1) is 18.6 Å². The lowest BCUT2D eigenvalue weighted by atomic mass is 10.1. The van der Waals surface area contributed by atoms with Crippen molar-refractivity contribution in [2.45, 2.75) is 6.42 Å². The van der Waals surface area contributed by atoms with Crippen molar-refractivity contribution in [3.63, 3.8) is 0 Å². The van der Waals surface area contributed by atoms with Crippen LogP contribution in [0.5, 0.6) is 5.75 Å². The van der Waals surface area contributed by atoms with E-state index in [4.69, 9.17) is 15.7 Å². The summed E-state index contributed by atoms with van der Waals surface area (Å²) in [5.41, 5.74) is 2.26. The average Bonchev–Trinajstić information content (AvgIpc) is 2.46. The van der Waals surface area contributed by atoms with E-state index in [2.05, 4.69) is 0 Å². The number of carboxylic acids is 1. The summed E-state index contributed by atoms with van der Waals surface area (Å²) in [6.07, 6.45) is 0.173. The number of hydrazine groups is 1. The molecule has 0 radical (unpaired) electrons. The molecule has 6 heteroatoms. The molecule has 20 heavy (non-hydrogen) atoms. The summed E-state index contributed by atoms with van der Waals surface area (Å²) in [4.78, 5) is 21.8. The topological polar surface area (TPSA) is 102 Å². The molecule has 0 fully saturated rings. The fourth-order valence-corrected chi connectivity index (χ4v) is 1.78. The SMILES string of the molecule is NNC(=O)CCOc1ccc2cc(C(=O)O)ccc2c1. The van der Waals surface area contributed by atoms with Crippen molar-refractivity contribution in [3.05, 3.63) is 42.0 Å². The second-order valence-electron chi connectivity index (χ2n) is 4.19. The molecular weight excluding hydrogens is 260 g/mol. The first-order chi connectivity index (χ1) is 9.60. The number of carbonyl (C=O) groups excluding carboxylic acids is 1. The number of aromatic carboxylic acids is 1. The fourth-order valence-electron chi connectivity index (χ4n) is 1.78. The number of nitrogens with one attached hydrogen (secondary N) is 1. The van der Waals surface area contributed by atoms with Crippen LogP contribution in [0.15, 0.2) is 36.4 Å². The minimum Gasteiger partial charge on any atom is -0.493 e. The second kappa shape index (κ2) is 6.03. The number of fused-ring (bicyclic) bond motifs is 1. The Morgan fingerprint density at radius 3 is 2.55 bits per heavy atom. The Balaban J connectivity index is 2.11. The Hall–Kier alpha value is -2.60. The first-order valence-corrected chi connectivity index (χ1v) is 5.99. The van der Waals surface area contributed by atoms with Crippen LogP contribution in [0.3, 0.4) is 0 Å². The number of amides is 1. The summed E-state index contributed by atoms with van der Waals surface area (Å²) in [6.45, 7) is 0.224. The van der Waals surface area contributed by atoms with Crippen molar-refractivity contribution < 1.29 is 19.4 Å². The van der Waals surface area contributed by atoms with E-state index in [1.165, 1.54) is 6.07 Å². The molecule has 1 amide bonds. The van der Waals surface area contributed by atoms with E-state index < -0.39 is 5.97 Å². The van der Waals surface area contributed by atoms with Crippen LogP contribution in [-0.2, 0) is 4.79 Å². The molecule has 0 aliphatic heterocycles. The molecule has 0 atom stereocenters. The molecule has 0 heterocycles. The van der Waals surface area contributed by atoms with Crippen molar-refractivity contribution in [1.29, 1.82) is 0 Å². The van der Waals surface area contributed by atoms with Gasteiger partial charge < -0.3 is 9.84 Å². The molecule has 0 aliphatic rings. The summed E-state index contributed by atoms with van der Waals surface area (Å²) in [5.74, 6) is 4.32. The molecular formula is C14H14N2O4. The Morgan fingerprint density at radius 1 is 1.15 bits per heavy atom. The van der Waals surface area contributed by atoms with Crippen molar-refractivity contribution >= 4 is 22.6 Å². The fraction of sp³-hybridized carbons (Fsp3) is 0.143. The highest BCUT2D eigenvalue weighted by Gasteiger charge is 2.05. The predicted octanol–water partition coefficient (Wildman–Crippen LogP) is 1.30. The van der Waals surface area contributed by atoms with E-state index in [0.717, 1.165) is 10.8 Å². The monoisotopic (exact) mass is 274 g/mol. The smallest absolute Gasteiger partial charge is 0.335 e. The highest BCUT2D eigenvalue weighted by Crippen LogP contribution is 2.22. The predicted molar refractivity (Wildman–Crippen MR) is 73.3 cm³/mol. The number of carboxylic acid groups (broad SMARTS) is 1. The van der Waals surface area contributed by atoms with Gasteiger partial charge in [-0.2, -0.15) is 0 Å². The zero-order valence-corrected chi connectivity index (χ0v) is 10.6. The van der Waals surface area contributed by atoms with Gasteiger partial charge in [0.1, 0.15) is 5.75 Å². The van der Waals surface area contributed by atoms with Gasteiger partial charge in [-0.05, 0) is 35.0 Å². The lowest BCUT2D eigenvalue weighted by molar-refractivity contribution is -0.121. The third-order valence-electron chi connectivity index (χ3n) is 2.82. The molecule has 4 N–H and O–H groups in total. The Kier molecular flexibility index (Phi) is 4.17. The number of ether oxygens (including phenoxy) is 1. The summed E-state index contributed by atoms with van der Waals surface area (Å²) in [6, 6.07) is 10.2. The Labute approximate surface area is 115 Å². The molecule has 104 valence electrons. The number of hydrogen-bond donors (Lipinski definition) is 3. The van der Waals surface area contributed by atoms with Gasteiger partial charge in [0.15, 0.2) is 0 Å². The van der Waals surface area contributed by atoms with Crippen LogP contribution < -0.4 is 16.0 Å². The molecule has 6 nitrogen and oxygen atoms in total. The van der Waals surface area contributed by atoms with Crippen LogP contribution in [0.4, 0.5) is 0 Å². The summed E-state index contributed by atoms with van der Waals surface area (Å²) < 4.78 is 5.43. The summed E-state index contributed by atoms with van der Waals surface area (Å²) in [7, 11) is 0. The highest BCUT2D eigenvalue weighted by atomic mass is 16.5. The molecule has 0 spiro atoms. The van der Waals surface area contributed by atoms with Gasteiger partial charge in [-0.25, -0.2) is 10.6 Å². The van der Waals surface area contributed by atoms with E-state index in [1.807, 2.05) is 5.43 Å². The molecule has 0 bridgehead atoms. The van der Waals surface area contributed by atoms with Crippen molar-refractivity contribution in [2.75, 3.05) is 6.61 Å². The molecule has 2 aromatic rings. The van der Waals surface area contributed by atoms with E-state index in [1.54, 1.807) is 30.3 Å². The van der Waals surface area contributed by atoms with E-state index in [-0.39, 0.29) is 24.5 Å². The quantitative estimate of drug-likeness (QED) is 0.433. The Bertz CT molecular complexity index is 655. The molecule has 2 aromatic carbocycles. The molecule has 0 aromatic heterocycles. The minimum atomic E-state index is -0.958. The van der Waals surface area contributed by atoms with Crippen LogP contribution in [-0.4, -0.2) is 23.6 Å². The number of benzene rings is 2. The van der Waals surface area contributed by atoms with Crippen molar-refractivity contribution in [2.24, 2.45) is 5.84 Å². The van der Waals surface area contributed by atoms with Crippen LogP contribution in [0.25, 0.3) is 10.8 Å². The maximum absolute atomic E-state index is 10.9. The second-order valence-corrected chi connectivity index (χ2v) is 4.19. The number of rotatable bonds is 5. The van der Waals surface area contributed by atoms with Crippen molar-refractivity contribution in [3.8, 4) is 5.75 Å². The lowest BCUT2D eigenvalue weighted by Gasteiger charge is -2.07. The summed E-state index contributed by atoms with van der Waals surface area (Å²) >= 11 is 0. The van der Waals surface area contributed by atoms with Gasteiger partial charge in [-0.3, -0.25) is 10.2 Å². The van der Waals surface area contributed by atoms with Gasteiger partial charge in [0, 0.05) is 0 Å². The van der Waals surface area contributed by atoms with Gasteiger partial charge in [0.2, 0.25) is 5.91 Å². The molecule has 0 saturated carbocycles. The number of carbonyl (C=O) groups is 2. The van der Waals surface area contributed by atoms with Crippen LogP contribution in [0.2, 0.25) is 0 Å². The molecule has 2 rings (SSSR count). The van der Waals surface area contributed by atoms with E-state index in [9.17, 15) is 9.59 Å². The number of nitrogens with two attached hydrogens (primary N) is 1. The maximum atomic E-state index is 10.9. The largest absolute Gasteiger partial charge is 0.493 e. The van der Waals surface area contributed by atoms with Gasteiger partial charge in [-0.1, -0.05) is 12.1 Å². The maximum Gasteiger partial charge on any atom is 0.335 e. The van der Waals surface area contributed by atoms with E-state index in [0.29, 0.717) is 5.75 Å². The number of hydrogen-bond acceptors (Lipinski definition) is 4. The standard InChI is InChI=1S/C14H14N2O4/c15-16-13(17)5-6-20-12-4-3-9-7-11(14(18)19)2-1-10(9)8-12/h1-4,7-8H,5-6,15H2,(H,16,17)(H,18,19). The normalized spacial score (nSPS) is 10.2. The van der Waals surface area contributed by atoms with Crippen LogP contribution >= 0.6 is 0 Å². The van der Waals surface area contributed by atoms with Gasteiger partial charge in [-0.15, -0.1) is 0 Å². The first kappa shape index (κ1) is 13.8. The lowest BCUT2D eigenvalue weighted by Crippen LogP contribution is -2.31. The zero-order valence-electron chi connectivity index (χ0n) is 10.6. The van der Waals surface area contributed by atoms with E-state index >= 15 is 0 Å².